The number of nitrogens with one attached hydrogen (secondary N) is 2. The highest BCUT2D eigenvalue weighted by molar-refractivity contribution is 5.46. The molecule has 0 radical (unpaired) electrons. The third-order valence-electron chi connectivity index (χ3n) is 6.04. The molecule has 2 N–H and O–H groups in total. The molecule has 0 spiro atoms. The van der Waals surface area contributed by atoms with Crippen molar-refractivity contribution in [2.45, 2.75) is 45.2 Å². The van der Waals surface area contributed by atoms with Gasteiger partial charge in [-0.1, -0.05) is 19.4 Å². The summed E-state index contributed by atoms with van der Waals surface area (Å²) in [5.74, 6) is 2.68. The van der Waals surface area contributed by atoms with Crippen LogP contribution in [0.25, 0.3) is 0 Å². The van der Waals surface area contributed by atoms with Crippen LogP contribution in [0.4, 0.5) is 0 Å². The third-order valence-corrected chi connectivity index (χ3v) is 6.04. The molecule has 1 saturated carbocycles. The van der Waals surface area contributed by atoms with Crippen LogP contribution in [-0.2, 0) is 6.54 Å². The molecule has 2 aliphatic rings. The zero-order chi connectivity index (χ0) is 16.9. The largest absolute Gasteiger partial charge is 0.493 e. The molecule has 134 valence electrons. The van der Waals surface area contributed by atoms with Crippen LogP contribution in [0.15, 0.2) is 18.2 Å². The second kappa shape index (κ2) is 8.21. The van der Waals surface area contributed by atoms with Gasteiger partial charge in [0.25, 0.3) is 0 Å². The van der Waals surface area contributed by atoms with E-state index in [2.05, 4.69) is 19.1 Å². The number of ether oxygens (including phenoxy) is 2. The Bertz CT molecular complexity index is 526. The first-order valence-corrected chi connectivity index (χ1v) is 9.59. The Morgan fingerprint density at radius 1 is 1.04 bits per heavy atom. The third kappa shape index (κ3) is 4.04. The maximum atomic E-state index is 5.59. The Balaban J connectivity index is 1.56. The Morgan fingerprint density at radius 3 is 2.50 bits per heavy atom. The molecule has 0 unspecified atom stereocenters. The summed E-state index contributed by atoms with van der Waals surface area (Å²) >= 11 is 0. The molecule has 0 bridgehead atoms. The molecule has 1 aliphatic carbocycles. The quantitative estimate of drug-likeness (QED) is 0.824. The Labute approximate surface area is 146 Å². The van der Waals surface area contributed by atoms with Crippen molar-refractivity contribution in [2.75, 3.05) is 40.4 Å². The first kappa shape index (κ1) is 17.6. The van der Waals surface area contributed by atoms with E-state index in [1.165, 1.54) is 57.4 Å². The molecule has 0 amide bonds. The first-order chi connectivity index (χ1) is 11.7. The van der Waals surface area contributed by atoms with Crippen molar-refractivity contribution < 1.29 is 19.3 Å². The molecule has 2 atom stereocenters. The number of hydrogen-bond acceptors (Lipinski definition) is 2. The molecule has 4 nitrogen and oxygen atoms in total. The van der Waals surface area contributed by atoms with Gasteiger partial charge in [0.15, 0.2) is 11.5 Å². The van der Waals surface area contributed by atoms with Crippen molar-refractivity contribution in [3.63, 3.8) is 0 Å². The van der Waals surface area contributed by atoms with E-state index in [1.807, 2.05) is 11.0 Å². The second-order valence-corrected chi connectivity index (χ2v) is 7.71. The Hall–Kier alpha value is -1.26. The molecule has 24 heavy (non-hydrogen) atoms. The fourth-order valence-corrected chi connectivity index (χ4v) is 4.68. The fraction of sp³-hybridized carbons (Fsp3) is 0.700. The molecule has 1 saturated heterocycles. The summed E-state index contributed by atoms with van der Waals surface area (Å²) < 4.78 is 11.0. The van der Waals surface area contributed by atoms with E-state index < -0.39 is 0 Å². The minimum Gasteiger partial charge on any atom is -0.493 e. The molecule has 1 aromatic rings. The van der Waals surface area contributed by atoms with E-state index in [4.69, 9.17) is 9.47 Å². The van der Waals surface area contributed by atoms with Crippen molar-refractivity contribution in [3.05, 3.63) is 23.8 Å². The number of rotatable bonds is 5. The van der Waals surface area contributed by atoms with Gasteiger partial charge < -0.3 is 19.3 Å². The number of quaternary nitrogens is 2. The topological polar surface area (TPSA) is 27.3 Å². The lowest BCUT2D eigenvalue weighted by atomic mass is 9.86. The van der Waals surface area contributed by atoms with Crippen LogP contribution in [0.2, 0.25) is 0 Å². The van der Waals surface area contributed by atoms with Gasteiger partial charge in [0.2, 0.25) is 0 Å². The number of benzene rings is 1. The van der Waals surface area contributed by atoms with Crippen LogP contribution < -0.4 is 19.3 Å². The summed E-state index contributed by atoms with van der Waals surface area (Å²) in [6, 6.07) is 7.14. The van der Waals surface area contributed by atoms with Gasteiger partial charge >= 0.3 is 0 Å². The fourth-order valence-electron chi connectivity index (χ4n) is 4.68. The van der Waals surface area contributed by atoms with E-state index in [9.17, 15) is 0 Å². The molecule has 4 heteroatoms. The highest BCUT2D eigenvalue weighted by atomic mass is 16.5. The number of methoxy groups -OCH3 is 2. The van der Waals surface area contributed by atoms with Crippen LogP contribution >= 0.6 is 0 Å². The molecular weight excluding hydrogens is 300 g/mol. The van der Waals surface area contributed by atoms with E-state index in [0.717, 1.165) is 30.0 Å². The van der Waals surface area contributed by atoms with E-state index in [-0.39, 0.29) is 0 Å². The lowest BCUT2D eigenvalue weighted by Crippen LogP contribution is -3.29. The highest BCUT2D eigenvalue weighted by Gasteiger charge is 2.32. The van der Waals surface area contributed by atoms with E-state index >= 15 is 0 Å². The minimum absolute atomic E-state index is 0.842. The van der Waals surface area contributed by atoms with Crippen molar-refractivity contribution in [1.29, 1.82) is 0 Å². The van der Waals surface area contributed by atoms with Crippen LogP contribution in [0.5, 0.6) is 11.5 Å². The normalized spacial score (nSPS) is 30.8. The molecule has 2 fully saturated rings. The van der Waals surface area contributed by atoms with Gasteiger partial charge in [-0.05, 0) is 30.9 Å². The monoisotopic (exact) mass is 334 g/mol. The van der Waals surface area contributed by atoms with Crippen molar-refractivity contribution in [3.8, 4) is 11.5 Å². The standard InChI is InChI=1S/C20H32N2O2/c1-16-6-4-8-18(14-16)22-12-10-21(11-13-22)15-17-7-5-9-19(23-2)20(17)24-3/h5,7,9,16,18H,4,6,8,10-15H2,1-3H3/p+2/t16-,18-/m0/s1. The lowest BCUT2D eigenvalue weighted by molar-refractivity contribution is -1.03. The van der Waals surface area contributed by atoms with Gasteiger partial charge in [-0.25, -0.2) is 0 Å². The summed E-state index contributed by atoms with van der Waals surface area (Å²) in [6.07, 6.45) is 5.76. The first-order valence-electron chi connectivity index (χ1n) is 9.59. The van der Waals surface area contributed by atoms with Gasteiger partial charge in [-0.3, -0.25) is 0 Å². The van der Waals surface area contributed by atoms with Crippen molar-refractivity contribution in [1.82, 2.24) is 0 Å². The SMILES string of the molecule is COc1cccc(C[NH+]2CC[NH+]([C@H]3CCC[C@H](C)C3)CC2)c1OC. The predicted octanol–water partition coefficient (Wildman–Crippen LogP) is 0.566. The highest BCUT2D eigenvalue weighted by Crippen LogP contribution is 2.30. The number of piperazine rings is 1. The molecule has 0 aromatic heterocycles. The Kier molecular flexibility index (Phi) is 6.01. The smallest absolute Gasteiger partial charge is 0.169 e. The maximum Gasteiger partial charge on any atom is 0.169 e. The van der Waals surface area contributed by atoms with Crippen molar-refractivity contribution in [2.24, 2.45) is 5.92 Å². The van der Waals surface area contributed by atoms with Crippen molar-refractivity contribution >= 4 is 0 Å². The molecule has 1 aromatic carbocycles. The summed E-state index contributed by atoms with van der Waals surface area (Å²) in [5, 5.41) is 0. The van der Waals surface area contributed by atoms with Gasteiger partial charge in [0.05, 0.1) is 25.8 Å². The predicted molar refractivity (Wildman–Crippen MR) is 96.1 cm³/mol. The molecule has 1 heterocycles. The zero-order valence-corrected chi connectivity index (χ0v) is 15.6. The maximum absolute atomic E-state index is 5.59. The van der Waals surface area contributed by atoms with Crippen LogP contribution in [0.3, 0.4) is 0 Å². The summed E-state index contributed by atoms with van der Waals surface area (Å²) in [6.45, 7) is 8.63. The number of para-hydroxylation sites is 1. The van der Waals surface area contributed by atoms with Crippen LogP contribution in [0, 0.1) is 5.92 Å². The second-order valence-electron chi connectivity index (χ2n) is 7.71. The minimum atomic E-state index is 0.842. The van der Waals surface area contributed by atoms with Gasteiger partial charge in [-0.2, -0.15) is 0 Å². The summed E-state index contributed by atoms with van der Waals surface area (Å²) in [4.78, 5) is 3.54. The van der Waals surface area contributed by atoms with E-state index in [1.54, 1.807) is 19.1 Å². The lowest BCUT2D eigenvalue weighted by Gasteiger charge is -2.37. The number of hydrogen-bond donors (Lipinski definition) is 2. The van der Waals surface area contributed by atoms with Gasteiger partial charge in [0, 0.05) is 6.42 Å². The molecule has 1 aliphatic heterocycles. The molecular formula is C20H34N2O2+2. The van der Waals surface area contributed by atoms with Crippen LogP contribution in [-0.4, -0.2) is 46.4 Å². The summed E-state index contributed by atoms with van der Waals surface area (Å²) in [7, 11) is 3.45. The summed E-state index contributed by atoms with van der Waals surface area (Å²) in [5.41, 5.74) is 1.27. The van der Waals surface area contributed by atoms with E-state index in [0.29, 0.717) is 0 Å². The average molecular weight is 335 g/mol. The molecule has 3 rings (SSSR count). The average Bonchev–Trinajstić information content (AvgIpc) is 2.62. The Morgan fingerprint density at radius 2 is 1.83 bits per heavy atom. The zero-order valence-electron chi connectivity index (χ0n) is 15.6. The van der Waals surface area contributed by atoms with Gasteiger partial charge in [-0.15, -0.1) is 0 Å². The van der Waals surface area contributed by atoms with Gasteiger partial charge in [0.1, 0.15) is 32.7 Å². The van der Waals surface area contributed by atoms with Crippen LogP contribution in [0.1, 0.15) is 38.2 Å².